The van der Waals surface area contributed by atoms with Gasteiger partial charge in [-0.2, -0.15) is 5.10 Å². The van der Waals surface area contributed by atoms with Crippen LogP contribution in [0.25, 0.3) is 0 Å². The van der Waals surface area contributed by atoms with Crippen LogP contribution in [0.15, 0.2) is 36.9 Å². The van der Waals surface area contributed by atoms with Crippen LogP contribution in [-0.4, -0.2) is 62.2 Å². The zero-order chi connectivity index (χ0) is 22.0. The fraction of sp³-hybridized carbons (Fsp3) is 0.476. The van der Waals surface area contributed by atoms with E-state index in [1.807, 2.05) is 25.1 Å². The Kier molecular flexibility index (Phi) is 5.62. The van der Waals surface area contributed by atoms with Crippen molar-refractivity contribution in [2.75, 3.05) is 18.4 Å². The van der Waals surface area contributed by atoms with Crippen LogP contribution in [0.3, 0.4) is 0 Å². The van der Waals surface area contributed by atoms with E-state index >= 15 is 0 Å². The molecule has 164 valence electrons. The van der Waals surface area contributed by atoms with Crippen molar-refractivity contribution in [3.8, 4) is 0 Å². The Morgan fingerprint density at radius 2 is 2.03 bits per heavy atom. The second kappa shape index (κ2) is 8.37. The van der Waals surface area contributed by atoms with Crippen LogP contribution in [0.1, 0.15) is 49.5 Å². The number of fused-ring (bicyclic) bond motifs is 1. The van der Waals surface area contributed by atoms with Gasteiger partial charge in [0.15, 0.2) is 0 Å². The highest BCUT2D eigenvalue weighted by atomic mass is 16.2. The van der Waals surface area contributed by atoms with Crippen molar-refractivity contribution < 1.29 is 14.4 Å². The van der Waals surface area contributed by atoms with E-state index < -0.39 is 11.7 Å². The van der Waals surface area contributed by atoms with E-state index in [0.29, 0.717) is 31.5 Å². The van der Waals surface area contributed by atoms with Gasteiger partial charge in [-0.3, -0.25) is 14.4 Å². The number of nitrogens with zero attached hydrogens (tertiary/aromatic N) is 4. The third kappa shape index (κ3) is 4.23. The lowest BCUT2D eigenvalue weighted by Crippen LogP contribution is -2.58. The molecule has 0 bridgehead atoms. The summed E-state index contributed by atoms with van der Waals surface area (Å²) in [4.78, 5) is 43.6. The standard InChI is InChI=1S/C21H27N7O3/c1-14(28-13-22-12-24-28)11-23-19(30)15(2)27-10-9-21(8-7-18(27)29)25-17-6-4-3-5-16(17)20(31)26-21/h3-6,12-15,25H,7-11H2,1-2H3,(H,23,30)(H,26,31)/t14-,15-,21-/m1/s1. The minimum absolute atomic E-state index is 0.0523. The molecule has 10 nitrogen and oxygen atoms in total. The van der Waals surface area contributed by atoms with Gasteiger partial charge in [0.05, 0.1) is 11.6 Å². The fourth-order valence-electron chi connectivity index (χ4n) is 4.12. The molecule has 3 amide bonds. The van der Waals surface area contributed by atoms with Gasteiger partial charge in [0.25, 0.3) is 5.91 Å². The van der Waals surface area contributed by atoms with E-state index in [1.54, 1.807) is 28.9 Å². The molecule has 0 saturated carbocycles. The zero-order valence-electron chi connectivity index (χ0n) is 17.7. The van der Waals surface area contributed by atoms with Crippen LogP contribution >= 0.6 is 0 Å². The lowest BCUT2D eigenvalue weighted by atomic mass is 9.95. The van der Waals surface area contributed by atoms with Crippen molar-refractivity contribution in [3.63, 3.8) is 0 Å². The first-order chi connectivity index (χ1) is 14.9. The second-order valence-corrected chi connectivity index (χ2v) is 8.19. The molecule has 1 fully saturated rings. The molecule has 0 unspecified atom stereocenters. The predicted molar refractivity (Wildman–Crippen MR) is 113 cm³/mol. The number of hydrogen-bond donors (Lipinski definition) is 3. The van der Waals surface area contributed by atoms with Gasteiger partial charge in [-0.25, -0.2) is 9.67 Å². The quantitative estimate of drug-likeness (QED) is 0.655. The second-order valence-electron chi connectivity index (χ2n) is 8.19. The summed E-state index contributed by atoms with van der Waals surface area (Å²) in [5.74, 6) is -0.468. The van der Waals surface area contributed by atoms with Crippen molar-refractivity contribution in [2.24, 2.45) is 0 Å². The van der Waals surface area contributed by atoms with Crippen molar-refractivity contribution in [1.29, 1.82) is 0 Å². The summed E-state index contributed by atoms with van der Waals surface area (Å²) in [7, 11) is 0. The van der Waals surface area contributed by atoms with Crippen molar-refractivity contribution >= 4 is 23.4 Å². The van der Waals surface area contributed by atoms with Gasteiger partial charge in [0.2, 0.25) is 11.8 Å². The summed E-state index contributed by atoms with van der Waals surface area (Å²) in [5, 5.41) is 13.4. The number of likely N-dealkylation sites (tertiary alicyclic amines) is 1. The number of amides is 3. The van der Waals surface area contributed by atoms with Crippen LogP contribution in [-0.2, 0) is 9.59 Å². The largest absolute Gasteiger partial charge is 0.362 e. The number of carbonyl (C=O) groups excluding carboxylic acids is 3. The molecule has 1 saturated heterocycles. The molecule has 0 radical (unpaired) electrons. The van der Waals surface area contributed by atoms with Gasteiger partial charge in [-0.1, -0.05) is 12.1 Å². The summed E-state index contributed by atoms with van der Waals surface area (Å²) >= 11 is 0. The molecule has 2 aliphatic heterocycles. The maximum atomic E-state index is 12.8. The van der Waals surface area contributed by atoms with Gasteiger partial charge in [-0.05, 0) is 32.4 Å². The lowest BCUT2D eigenvalue weighted by Gasteiger charge is -2.40. The summed E-state index contributed by atoms with van der Waals surface area (Å²) < 4.78 is 1.67. The Hall–Kier alpha value is -3.43. The fourth-order valence-corrected chi connectivity index (χ4v) is 4.12. The SMILES string of the molecule is C[C@H](C(=O)NC[C@@H](C)n1cncn1)N1CC[C@@]2(CCC1=O)NC(=O)c1ccccc1N2. The first-order valence-corrected chi connectivity index (χ1v) is 10.5. The summed E-state index contributed by atoms with van der Waals surface area (Å²) in [5.41, 5.74) is 0.656. The van der Waals surface area contributed by atoms with Crippen molar-refractivity contribution in [2.45, 2.75) is 50.9 Å². The summed E-state index contributed by atoms with van der Waals surface area (Å²) in [6.45, 7) is 4.40. The summed E-state index contributed by atoms with van der Waals surface area (Å²) in [6.07, 6.45) is 4.25. The van der Waals surface area contributed by atoms with Gasteiger partial charge < -0.3 is 20.9 Å². The predicted octanol–water partition coefficient (Wildman–Crippen LogP) is 0.908. The first kappa shape index (κ1) is 20.8. The Morgan fingerprint density at radius 1 is 1.23 bits per heavy atom. The molecule has 10 heteroatoms. The molecule has 3 heterocycles. The highest BCUT2D eigenvalue weighted by Gasteiger charge is 2.41. The highest BCUT2D eigenvalue weighted by molar-refractivity contribution is 6.02. The van der Waals surface area contributed by atoms with E-state index in [1.165, 1.54) is 6.33 Å². The molecule has 3 N–H and O–H groups in total. The maximum Gasteiger partial charge on any atom is 0.255 e. The number of nitrogens with one attached hydrogen (secondary N) is 3. The van der Waals surface area contributed by atoms with Gasteiger partial charge in [0, 0.05) is 31.6 Å². The molecule has 4 rings (SSSR count). The van der Waals surface area contributed by atoms with Gasteiger partial charge in [-0.15, -0.1) is 0 Å². The number of anilines is 1. The minimum atomic E-state index is -0.701. The molecule has 2 aliphatic rings. The average molecular weight is 425 g/mol. The number of rotatable bonds is 5. The normalized spacial score (nSPS) is 22.7. The molecule has 31 heavy (non-hydrogen) atoms. The van der Waals surface area contributed by atoms with E-state index in [4.69, 9.17) is 0 Å². The number of para-hydroxylation sites is 1. The number of carbonyl (C=O) groups is 3. The van der Waals surface area contributed by atoms with E-state index in [0.717, 1.165) is 5.69 Å². The smallest absolute Gasteiger partial charge is 0.255 e. The van der Waals surface area contributed by atoms with Crippen LogP contribution in [0, 0.1) is 0 Å². The van der Waals surface area contributed by atoms with Crippen LogP contribution in [0.5, 0.6) is 0 Å². The molecule has 1 spiro atoms. The third-order valence-electron chi connectivity index (χ3n) is 6.07. The minimum Gasteiger partial charge on any atom is -0.362 e. The Bertz CT molecular complexity index is 977. The van der Waals surface area contributed by atoms with Crippen LogP contribution < -0.4 is 16.0 Å². The molecular formula is C21H27N7O3. The topological polar surface area (TPSA) is 121 Å². The Balaban J connectivity index is 1.40. The number of benzene rings is 1. The van der Waals surface area contributed by atoms with Crippen LogP contribution in [0.2, 0.25) is 0 Å². The molecule has 2 aromatic rings. The van der Waals surface area contributed by atoms with Crippen molar-refractivity contribution in [1.82, 2.24) is 30.3 Å². The van der Waals surface area contributed by atoms with E-state index in [-0.39, 0.29) is 30.2 Å². The molecule has 1 aromatic carbocycles. The Labute approximate surface area is 180 Å². The monoisotopic (exact) mass is 425 g/mol. The molecule has 1 aromatic heterocycles. The zero-order valence-corrected chi connectivity index (χ0v) is 17.7. The Morgan fingerprint density at radius 3 is 2.81 bits per heavy atom. The average Bonchev–Trinajstić information content (AvgIpc) is 3.26. The summed E-state index contributed by atoms with van der Waals surface area (Å²) in [6, 6.07) is 6.66. The maximum absolute atomic E-state index is 12.8. The lowest BCUT2D eigenvalue weighted by molar-refractivity contribution is -0.139. The van der Waals surface area contributed by atoms with E-state index in [9.17, 15) is 14.4 Å². The van der Waals surface area contributed by atoms with E-state index in [2.05, 4.69) is 26.0 Å². The van der Waals surface area contributed by atoms with Gasteiger partial charge >= 0.3 is 0 Å². The highest BCUT2D eigenvalue weighted by Crippen LogP contribution is 2.32. The molecule has 0 aliphatic carbocycles. The van der Waals surface area contributed by atoms with Crippen LogP contribution in [0.4, 0.5) is 5.69 Å². The third-order valence-corrected chi connectivity index (χ3v) is 6.07. The first-order valence-electron chi connectivity index (χ1n) is 10.5. The van der Waals surface area contributed by atoms with Crippen molar-refractivity contribution in [3.05, 3.63) is 42.5 Å². The number of hydrogen-bond acceptors (Lipinski definition) is 6. The number of aromatic nitrogens is 3. The molecular weight excluding hydrogens is 398 g/mol. The van der Waals surface area contributed by atoms with Gasteiger partial charge in [0.1, 0.15) is 24.4 Å². The molecule has 3 atom stereocenters.